The largest absolute Gasteiger partial charge is 0.493 e. The number of anilines is 2. The first-order valence-corrected chi connectivity index (χ1v) is 18.2. The molecule has 17 heteroatoms. The number of ether oxygens (including phenoxy) is 2. The molecule has 2 aliphatic heterocycles. The maximum absolute atomic E-state index is 13.9. The summed E-state index contributed by atoms with van der Waals surface area (Å²) in [6.45, 7) is 1.63. The van der Waals surface area contributed by atoms with Gasteiger partial charge in [0.05, 0.1) is 30.6 Å². The summed E-state index contributed by atoms with van der Waals surface area (Å²) in [6.07, 6.45) is 2.42. The van der Waals surface area contributed by atoms with Crippen molar-refractivity contribution >= 4 is 81.0 Å². The molecule has 6 rings (SSSR count). The zero-order valence-electron chi connectivity index (χ0n) is 27.1. The van der Waals surface area contributed by atoms with Gasteiger partial charge in [0.2, 0.25) is 11.9 Å². The summed E-state index contributed by atoms with van der Waals surface area (Å²) in [4.78, 5) is 55.2. The molecule has 2 fully saturated rings. The van der Waals surface area contributed by atoms with Gasteiger partial charge in [0, 0.05) is 61.8 Å². The topological polar surface area (TPSA) is 156 Å². The van der Waals surface area contributed by atoms with Crippen LogP contribution in [0.4, 0.5) is 11.8 Å². The summed E-state index contributed by atoms with van der Waals surface area (Å²) in [5.41, 5.74) is 1.18. The third kappa shape index (κ3) is 7.58. The van der Waals surface area contributed by atoms with Crippen LogP contribution in [0.3, 0.4) is 0 Å². The predicted octanol–water partition coefficient (Wildman–Crippen LogP) is 4.02. The molecule has 0 bridgehead atoms. The van der Waals surface area contributed by atoms with Crippen LogP contribution in [0.5, 0.6) is 11.5 Å². The van der Waals surface area contributed by atoms with Crippen LogP contribution in [-0.4, -0.2) is 117 Å². The molecular weight excluding hydrogens is 689 g/mol. The van der Waals surface area contributed by atoms with Gasteiger partial charge >= 0.3 is 11.8 Å². The van der Waals surface area contributed by atoms with E-state index in [2.05, 4.69) is 15.5 Å². The standard InChI is InChI=1S/C32H34N8O6S3/c1-44-24-15-20-21(16-25(24)45-2)33-31(39-13-11-38(12-14-39)30(43)29-36-37-32(46-29)48-3)35-27(20)34-28(42)22-17-49-18-40(22)26(47)10-9-23(41)19-7-5-4-6-8-19/h4-8,15-16,22H,9-14,17-18H2,1-3H3,(H,33,34,35,42). The van der Waals surface area contributed by atoms with Crippen molar-refractivity contribution < 1.29 is 28.3 Å². The number of benzene rings is 2. The van der Waals surface area contributed by atoms with E-state index < -0.39 is 6.04 Å². The van der Waals surface area contributed by atoms with Gasteiger partial charge in [-0.2, -0.15) is 4.98 Å². The molecule has 0 spiro atoms. The number of ketones is 1. The lowest BCUT2D eigenvalue weighted by atomic mass is 10.1. The Bertz CT molecular complexity index is 1870. The Balaban J connectivity index is 1.20. The molecule has 2 amide bonds. The van der Waals surface area contributed by atoms with Crippen LogP contribution >= 0.6 is 35.7 Å². The van der Waals surface area contributed by atoms with Gasteiger partial charge in [0.1, 0.15) is 11.9 Å². The van der Waals surface area contributed by atoms with Crippen molar-refractivity contribution in [3.63, 3.8) is 0 Å². The number of aromatic nitrogens is 4. The zero-order chi connectivity index (χ0) is 34.5. The summed E-state index contributed by atoms with van der Waals surface area (Å²) in [6, 6.07) is 12.0. The molecule has 1 N–H and O–H groups in total. The second kappa shape index (κ2) is 15.4. The number of carbonyl (C=O) groups is 3. The minimum Gasteiger partial charge on any atom is -0.493 e. The third-order valence-corrected chi connectivity index (χ3v) is 10.2. The lowest BCUT2D eigenvalue weighted by Crippen LogP contribution is -2.49. The van der Waals surface area contributed by atoms with Crippen molar-refractivity contribution in [1.29, 1.82) is 0 Å². The number of rotatable bonds is 11. The number of nitrogens with one attached hydrogen (secondary N) is 1. The number of hydrogen-bond acceptors (Lipinski definition) is 14. The highest BCUT2D eigenvalue weighted by Crippen LogP contribution is 2.36. The molecule has 2 aromatic carbocycles. The Morgan fingerprint density at radius 2 is 1.76 bits per heavy atom. The van der Waals surface area contributed by atoms with Crippen LogP contribution in [-0.2, 0) is 4.79 Å². The predicted molar refractivity (Wildman–Crippen MR) is 191 cm³/mol. The molecule has 0 saturated carbocycles. The van der Waals surface area contributed by atoms with Gasteiger partial charge in [0.25, 0.3) is 5.22 Å². The highest BCUT2D eigenvalue weighted by molar-refractivity contribution is 7.99. The van der Waals surface area contributed by atoms with Gasteiger partial charge in [0.15, 0.2) is 17.3 Å². The smallest absolute Gasteiger partial charge is 0.311 e. The van der Waals surface area contributed by atoms with E-state index in [1.165, 1.54) is 18.9 Å². The fraction of sp³-hybridized carbons (Fsp3) is 0.375. The van der Waals surface area contributed by atoms with Crippen molar-refractivity contribution in [3.8, 4) is 11.5 Å². The lowest BCUT2D eigenvalue weighted by Gasteiger charge is -2.34. The number of amides is 2. The average Bonchev–Trinajstić information content (AvgIpc) is 3.84. The molecule has 49 heavy (non-hydrogen) atoms. The molecule has 256 valence electrons. The molecule has 2 saturated heterocycles. The second-order valence-electron chi connectivity index (χ2n) is 11.1. The highest BCUT2D eigenvalue weighted by Gasteiger charge is 2.34. The number of hydrogen-bond donors (Lipinski definition) is 1. The molecule has 4 heterocycles. The van der Waals surface area contributed by atoms with Crippen molar-refractivity contribution in [2.24, 2.45) is 0 Å². The first-order chi connectivity index (χ1) is 23.8. The molecule has 0 aliphatic carbocycles. The van der Waals surface area contributed by atoms with Crippen molar-refractivity contribution in [2.45, 2.75) is 24.1 Å². The number of piperazine rings is 1. The van der Waals surface area contributed by atoms with Gasteiger partial charge in [-0.05, 0) is 12.3 Å². The van der Waals surface area contributed by atoms with Crippen molar-refractivity contribution in [2.75, 3.05) is 68.5 Å². The van der Waals surface area contributed by atoms with Gasteiger partial charge in [-0.25, -0.2) is 4.98 Å². The van der Waals surface area contributed by atoms with E-state index in [9.17, 15) is 14.4 Å². The van der Waals surface area contributed by atoms with Gasteiger partial charge < -0.3 is 33.9 Å². The number of fused-ring (bicyclic) bond motifs is 1. The molecular formula is C32H34N8O6S3. The lowest BCUT2D eigenvalue weighted by molar-refractivity contribution is -0.118. The average molecular weight is 723 g/mol. The Labute approximate surface area is 296 Å². The zero-order valence-corrected chi connectivity index (χ0v) is 29.5. The van der Waals surface area contributed by atoms with Gasteiger partial charge in [-0.15, -0.1) is 22.0 Å². The van der Waals surface area contributed by atoms with Crippen LogP contribution < -0.4 is 19.7 Å². The van der Waals surface area contributed by atoms with E-state index in [0.717, 1.165) is 0 Å². The Morgan fingerprint density at radius 1 is 1.02 bits per heavy atom. The summed E-state index contributed by atoms with van der Waals surface area (Å²) in [7, 11) is 3.07. The van der Waals surface area contributed by atoms with E-state index in [1.54, 1.807) is 54.3 Å². The molecule has 2 aromatic heterocycles. The van der Waals surface area contributed by atoms with Crippen LogP contribution in [0.25, 0.3) is 10.9 Å². The maximum Gasteiger partial charge on any atom is 0.311 e. The van der Waals surface area contributed by atoms with Crippen molar-refractivity contribution in [3.05, 3.63) is 53.9 Å². The number of methoxy groups -OCH3 is 2. The summed E-state index contributed by atoms with van der Waals surface area (Å²) in [5.74, 6) is 2.05. The van der Waals surface area contributed by atoms with E-state index in [-0.39, 0.29) is 29.9 Å². The molecule has 2 aliphatic rings. The molecule has 0 radical (unpaired) electrons. The summed E-state index contributed by atoms with van der Waals surface area (Å²) in [5, 5.41) is 11.7. The van der Waals surface area contributed by atoms with E-state index in [4.69, 9.17) is 36.1 Å². The van der Waals surface area contributed by atoms with Crippen molar-refractivity contribution in [1.82, 2.24) is 30.0 Å². The van der Waals surface area contributed by atoms with Crippen LogP contribution in [0.2, 0.25) is 0 Å². The van der Waals surface area contributed by atoms with E-state index in [1.807, 2.05) is 28.0 Å². The van der Waals surface area contributed by atoms with Crippen LogP contribution in [0.15, 0.2) is 52.1 Å². The Hall–Kier alpha value is -4.48. The first kappa shape index (κ1) is 34.4. The van der Waals surface area contributed by atoms with E-state index in [0.29, 0.717) is 94.2 Å². The molecule has 14 nitrogen and oxygen atoms in total. The van der Waals surface area contributed by atoms with E-state index >= 15 is 0 Å². The Kier molecular flexibility index (Phi) is 10.8. The number of thiocarbonyl (C=S) groups is 1. The minimum atomic E-state index is -0.552. The fourth-order valence-electron chi connectivity index (χ4n) is 5.54. The Morgan fingerprint density at radius 3 is 2.45 bits per heavy atom. The summed E-state index contributed by atoms with van der Waals surface area (Å²) >= 11 is 8.60. The summed E-state index contributed by atoms with van der Waals surface area (Å²) < 4.78 is 16.5. The molecule has 1 atom stereocenters. The molecule has 4 aromatic rings. The second-order valence-corrected chi connectivity index (χ2v) is 13.3. The van der Waals surface area contributed by atoms with Gasteiger partial charge in [-0.3, -0.25) is 14.4 Å². The normalized spacial score (nSPS) is 16.1. The van der Waals surface area contributed by atoms with Crippen LogP contribution in [0, 0.1) is 0 Å². The SMILES string of the molecule is COc1cc2nc(N3CCN(C(=O)c4nnc(SC)o4)CC3)nc(NC(=O)C3CSCN3C(=S)CCC(=O)c3ccccc3)c2cc1OC. The number of thioether (sulfide) groups is 2. The third-order valence-electron chi connectivity index (χ3n) is 8.21. The maximum atomic E-state index is 13.9. The number of nitrogens with zero attached hydrogens (tertiary/aromatic N) is 7. The minimum absolute atomic E-state index is 0.00438. The van der Waals surface area contributed by atoms with Gasteiger partial charge in [-0.1, -0.05) is 54.3 Å². The number of carbonyl (C=O) groups excluding carboxylic acids is 3. The monoisotopic (exact) mass is 722 g/mol. The highest BCUT2D eigenvalue weighted by atomic mass is 32.2. The fourth-order valence-corrected chi connectivity index (χ4v) is 7.39. The quantitative estimate of drug-likeness (QED) is 0.134. The van der Waals surface area contributed by atoms with Crippen LogP contribution in [0.1, 0.15) is 33.9 Å². The number of Topliss-reactive ketones (excluding diaryl/α,β-unsaturated/α-hetero) is 1. The first-order valence-electron chi connectivity index (χ1n) is 15.4. The molecule has 1 unspecified atom stereocenters.